The molecule has 376 valence electrons. The van der Waals surface area contributed by atoms with Crippen LogP contribution in [0.2, 0.25) is 12.6 Å². The van der Waals surface area contributed by atoms with Gasteiger partial charge in [0.2, 0.25) is 0 Å². The van der Waals surface area contributed by atoms with Crippen LogP contribution in [-0.4, -0.2) is 35.3 Å². The first kappa shape index (κ1) is 48.0. The van der Waals surface area contributed by atoms with Crippen molar-refractivity contribution in [3.05, 3.63) is 285 Å². The summed E-state index contributed by atoms with van der Waals surface area (Å²) in [7, 11) is 0. The second kappa shape index (κ2) is 18.1. The molecule has 0 saturated heterocycles. The van der Waals surface area contributed by atoms with Crippen LogP contribution in [0.1, 0.15) is 116 Å². The summed E-state index contributed by atoms with van der Waals surface area (Å²) >= 11 is 0. The third kappa shape index (κ3) is 6.58. The molecule has 0 nitrogen and oxygen atoms in total. The van der Waals surface area contributed by atoms with Gasteiger partial charge in [0.05, 0.1) is 0 Å². The number of rotatable bonds is 8. The zero-order valence-electron chi connectivity index (χ0n) is 45.8. The van der Waals surface area contributed by atoms with Crippen LogP contribution in [0.15, 0.2) is 218 Å². The molecule has 12 aromatic rings. The molecular formula is C76H64B2Mg. The van der Waals surface area contributed by atoms with E-state index in [4.69, 9.17) is 0 Å². The number of benzene rings is 12. The Labute approximate surface area is 481 Å². The predicted molar refractivity (Wildman–Crippen MR) is 341 cm³/mol. The summed E-state index contributed by atoms with van der Waals surface area (Å²) < 4.78 is 0. The third-order valence-electron chi connectivity index (χ3n) is 23.1. The SMILES string of the molecule is CC[B-](C1Cc2cccc3cccc1c23)(C1Cc2cccc3cccc1c23)C1Cc2cccc3cccc1c23.CC[B-](C1Cc2cccc3cccc1c23)(C1Cc2cccc3cccc1c23)C1Cc2cccc3cccc1c23.[Mg+2]. The summed E-state index contributed by atoms with van der Waals surface area (Å²) in [6, 6.07) is 84.9. The van der Waals surface area contributed by atoms with E-state index < -0.39 is 12.3 Å². The minimum absolute atomic E-state index is 0. The Hall–Kier alpha value is -6.90. The average Bonchev–Trinajstić information content (AvgIpc) is 4.41. The van der Waals surface area contributed by atoms with Crippen molar-refractivity contribution in [3.8, 4) is 0 Å². The first-order chi connectivity index (χ1) is 38.6. The van der Waals surface area contributed by atoms with Crippen molar-refractivity contribution in [2.45, 2.75) is 99.9 Å². The Balaban J connectivity index is 0.000000130. The van der Waals surface area contributed by atoms with Gasteiger partial charge >= 0.3 is 23.1 Å². The fourth-order valence-corrected chi connectivity index (χ4v) is 20.4. The van der Waals surface area contributed by atoms with E-state index in [1.807, 2.05) is 0 Å². The molecule has 0 bridgehead atoms. The molecule has 12 aromatic carbocycles. The normalized spacial score (nSPS) is 21.9. The van der Waals surface area contributed by atoms with Crippen LogP contribution in [-0.2, 0) is 38.5 Å². The predicted octanol–water partition coefficient (Wildman–Crippen LogP) is 18.7. The largest absolute Gasteiger partial charge is 2.00 e. The van der Waals surface area contributed by atoms with Gasteiger partial charge in [-0.05, 0) is 98.0 Å². The minimum atomic E-state index is -0.882. The monoisotopic (exact) mass is 1020 g/mol. The smallest absolute Gasteiger partial charge is 0.179 e. The molecule has 3 heteroatoms. The van der Waals surface area contributed by atoms with Crippen LogP contribution < -0.4 is 0 Å². The van der Waals surface area contributed by atoms with Crippen molar-refractivity contribution in [3.63, 3.8) is 0 Å². The van der Waals surface area contributed by atoms with Gasteiger partial charge in [-0.2, -0.15) is 12.6 Å². The summed E-state index contributed by atoms with van der Waals surface area (Å²) in [5.41, 5.74) is 19.1. The van der Waals surface area contributed by atoms with E-state index in [0.29, 0.717) is 34.9 Å². The van der Waals surface area contributed by atoms with Crippen molar-refractivity contribution in [2.24, 2.45) is 0 Å². The Bertz CT molecular complexity index is 3740. The van der Waals surface area contributed by atoms with Gasteiger partial charge in [0, 0.05) is 12.3 Å². The van der Waals surface area contributed by atoms with E-state index in [0.717, 1.165) is 0 Å². The first-order valence-corrected chi connectivity index (χ1v) is 30.0. The van der Waals surface area contributed by atoms with Crippen LogP contribution >= 0.6 is 0 Å². The van der Waals surface area contributed by atoms with E-state index >= 15 is 0 Å². The standard InChI is InChI=1S/2C38H32B.Mg/c2*1-2-39(33-21-27-15-3-9-24-12-6-18-30(33)36(24)27,34-22-28-16-4-10-25-13-7-19-31(34)37(25)28)35-23-29-17-5-11-26-14-8-20-32(35)38(26)29;/h2*3-20,33-35H,2,21-23H2,1H3;/q2*-1;+2. The molecule has 0 saturated carbocycles. The van der Waals surface area contributed by atoms with Crippen molar-refractivity contribution < 1.29 is 0 Å². The van der Waals surface area contributed by atoms with Gasteiger partial charge < -0.3 is 0 Å². The van der Waals surface area contributed by atoms with E-state index in [1.165, 1.54) is 83.5 Å². The van der Waals surface area contributed by atoms with Crippen LogP contribution in [0.3, 0.4) is 0 Å². The maximum Gasteiger partial charge on any atom is 2.00 e. The first-order valence-electron chi connectivity index (χ1n) is 30.0. The van der Waals surface area contributed by atoms with Gasteiger partial charge in [-0.25, -0.2) is 0 Å². The zero-order valence-corrected chi connectivity index (χ0v) is 47.2. The summed E-state index contributed by atoms with van der Waals surface area (Å²) in [4.78, 5) is 0. The van der Waals surface area contributed by atoms with Crippen LogP contribution in [0.25, 0.3) is 64.6 Å². The van der Waals surface area contributed by atoms with Gasteiger partial charge in [0.1, 0.15) is 0 Å². The van der Waals surface area contributed by atoms with Crippen molar-refractivity contribution in [1.29, 1.82) is 0 Å². The topological polar surface area (TPSA) is 0 Å². The van der Waals surface area contributed by atoms with Gasteiger partial charge in [-0.1, -0.05) is 304 Å². The summed E-state index contributed by atoms with van der Waals surface area (Å²) in [5, 5.41) is 17.8. The zero-order chi connectivity index (χ0) is 51.4. The Morgan fingerprint density at radius 3 is 0.544 bits per heavy atom. The van der Waals surface area contributed by atoms with E-state index in [9.17, 15) is 0 Å². The number of hydrogen-bond donors (Lipinski definition) is 0. The quantitative estimate of drug-likeness (QED) is 0.133. The van der Waals surface area contributed by atoms with E-state index in [-0.39, 0.29) is 23.1 Å². The summed E-state index contributed by atoms with van der Waals surface area (Å²) in [6.45, 7) is 5.07. The Morgan fingerprint density at radius 1 is 0.241 bits per heavy atom. The maximum absolute atomic E-state index is 2.54. The molecule has 0 spiro atoms. The molecular weight excluding hydrogens is 959 g/mol. The van der Waals surface area contributed by atoms with E-state index in [1.54, 1.807) is 99.1 Å². The Morgan fingerprint density at radius 2 is 0.392 bits per heavy atom. The Kier molecular flexibility index (Phi) is 11.0. The van der Waals surface area contributed by atoms with Gasteiger partial charge in [0.25, 0.3) is 0 Å². The van der Waals surface area contributed by atoms with Gasteiger partial charge in [-0.15, -0.1) is 34.9 Å². The number of hydrogen-bond acceptors (Lipinski definition) is 0. The van der Waals surface area contributed by atoms with Gasteiger partial charge in [0.15, 0.2) is 0 Å². The molecule has 0 aliphatic heterocycles. The van der Waals surface area contributed by atoms with Crippen molar-refractivity contribution >= 4 is 100.0 Å². The van der Waals surface area contributed by atoms with Crippen LogP contribution in [0, 0.1) is 0 Å². The molecule has 0 heterocycles. The fourth-order valence-electron chi connectivity index (χ4n) is 20.4. The molecule has 79 heavy (non-hydrogen) atoms. The summed E-state index contributed by atoms with van der Waals surface area (Å²) in [5.74, 6) is 3.33. The molecule has 0 fully saturated rings. The molecule has 18 rings (SSSR count). The van der Waals surface area contributed by atoms with E-state index in [2.05, 4.69) is 232 Å². The second-order valence-electron chi connectivity index (χ2n) is 25.4. The minimum Gasteiger partial charge on any atom is -0.179 e. The second-order valence-corrected chi connectivity index (χ2v) is 25.4. The van der Waals surface area contributed by atoms with Crippen molar-refractivity contribution in [1.82, 2.24) is 0 Å². The third-order valence-corrected chi connectivity index (χ3v) is 23.1. The molecule has 0 radical (unpaired) electrons. The fraction of sp³-hybridized carbons (Fsp3) is 0.211. The molecule has 6 unspecified atom stereocenters. The summed E-state index contributed by atoms with van der Waals surface area (Å²) in [6.07, 6.45) is 7.77. The average molecular weight is 1020 g/mol. The van der Waals surface area contributed by atoms with Crippen molar-refractivity contribution in [2.75, 3.05) is 0 Å². The molecule has 0 aromatic heterocycles. The molecule has 6 aliphatic rings. The van der Waals surface area contributed by atoms with Gasteiger partial charge in [-0.3, -0.25) is 0 Å². The molecule has 0 N–H and O–H groups in total. The molecule has 6 atom stereocenters. The molecule has 6 aliphatic carbocycles. The maximum atomic E-state index is 2.54. The molecule has 0 amide bonds. The van der Waals surface area contributed by atoms with Crippen LogP contribution in [0.5, 0.6) is 0 Å². The van der Waals surface area contributed by atoms with Crippen LogP contribution in [0.4, 0.5) is 0 Å².